The van der Waals surface area contributed by atoms with Gasteiger partial charge in [0.2, 0.25) is 0 Å². The SMILES string of the molecule is COC(=O)c1ccc(/C=C/c2ccc3c(c2)C(/C=C\C(C)(C)O)=CCC3(C)C)cc1. The molecule has 1 N–H and O–H groups in total. The van der Waals surface area contributed by atoms with E-state index in [9.17, 15) is 9.90 Å². The van der Waals surface area contributed by atoms with E-state index < -0.39 is 5.60 Å². The molecule has 0 radical (unpaired) electrons. The molecular weight excluding hydrogens is 372 g/mol. The number of allylic oxidation sites excluding steroid dienone is 3. The normalized spacial score (nSPS) is 15.9. The van der Waals surface area contributed by atoms with E-state index in [2.05, 4.69) is 44.2 Å². The molecule has 2 aromatic carbocycles. The van der Waals surface area contributed by atoms with Gasteiger partial charge in [-0.3, -0.25) is 0 Å². The van der Waals surface area contributed by atoms with Crippen LogP contribution in [0.5, 0.6) is 0 Å². The summed E-state index contributed by atoms with van der Waals surface area (Å²) >= 11 is 0. The van der Waals surface area contributed by atoms with Gasteiger partial charge in [-0.1, -0.05) is 68.5 Å². The summed E-state index contributed by atoms with van der Waals surface area (Å²) in [7, 11) is 1.38. The van der Waals surface area contributed by atoms with E-state index in [0.717, 1.165) is 23.1 Å². The first-order valence-electron chi connectivity index (χ1n) is 10.2. The fourth-order valence-corrected chi connectivity index (χ4v) is 3.57. The van der Waals surface area contributed by atoms with Crippen molar-refractivity contribution in [2.75, 3.05) is 7.11 Å². The summed E-state index contributed by atoms with van der Waals surface area (Å²) in [4.78, 5) is 11.6. The van der Waals surface area contributed by atoms with Crippen molar-refractivity contribution in [2.24, 2.45) is 0 Å². The van der Waals surface area contributed by atoms with Gasteiger partial charge in [-0.05, 0) is 71.7 Å². The van der Waals surface area contributed by atoms with Gasteiger partial charge in [0.05, 0.1) is 18.3 Å². The number of fused-ring (bicyclic) bond motifs is 1. The van der Waals surface area contributed by atoms with Crippen LogP contribution in [0.3, 0.4) is 0 Å². The van der Waals surface area contributed by atoms with Gasteiger partial charge < -0.3 is 9.84 Å². The topological polar surface area (TPSA) is 46.5 Å². The molecule has 3 nitrogen and oxygen atoms in total. The Morgan fingerprint density at radius 2 is 1.67 bits per heavy atom. The molecule has 1 aliphatic carbocycles. The van der Waals surface area contributed by atoms with Crippen molar-refractivity contribution in [2.45, 2.75) is 45.1 Å². The Labute approximate surface area is 179 Å². The lowest BCUT2D eigenvalue weighted by molar-refractivity contribution is 0.0600. The maximum absolute atomic E-state index is 11.6. The first-order valence-corrected chi connectivity index (χ1v) is 10.2. The summed E-state index contributed by atoms with van der Waals surface area (Å²) in [5.74, 6) is -0.332. The number of rotatable bonds is 5. The van der Waals surface area contributed by atoms with E-state index in [-0.39, 0.29) is 11.4 Å². The third-order valence-electron chi connectivity index (χ3n) is 5.39. The second kappa shape index (κ2) is 8.45. The molecule has 0 amide bonds. The number of methoxy groups -OCH3 is 1. The molecule has 2 aromatic rings. The van der Waals surface area contributed by atoms with Gasteiger partial charge in [0.15, 0.2) is 0 Å². The number of carbonyl (C=O) groups excluding carboxylic acids is 1. The molecule has 0 heterocycles. The zero-order valence-electron chi connectivity index (χ0n) is 18.4. The standard InChI is InChI=1S/C27H30O3/c1-26(2)16-14-21(15-17-27(3,4)29)23-18-20(10-13-24(23)26)7-6-19-8-11-22(12-9-19)25(28)30-5/h6-15,17-18,29H,16H2,1-5H3/b7-6+,17-15-. The molecule has 0 spiro atoms. The summed E-state index contributed by atoms with van der Waals surface area (Å²) in [5, 5.41) is 10.1. The molecule has 0 unspecified atom stereocenters. The first kappa shape index (κ1) is 21.8. The van der Waals surface area contributed by atoms with Crippen molar-refractivity contribution in [3.05, 3.63) is 88.5 Å². The average Bonchev–Trinajstić information content (AvgIpc) is 2.70. The predicted molar refractivity (Wildman–Crippen MR) is 124 cm³/mol. The molecule has 0 aliphatic heterocycles. The van der Waals surface area contributed by atoms with Crippen LogP contribution in [0.4, 0.5) is 0 Å². The second-order valence-corrected chi connectivity index (χ2v) is 8.99. The number of esters is 1. The van der Waals surface area contributed by atoms with E-state index in [4.69, 9.17) is 4.74 Å². The molecule has 3 heteroatoms. The van der Waals surface area contributed by atoms with Gasteiger partial charge in [-0.15, -0.1) is 0 Å². The fourth-order valence-electron chi connectivity index (χ4n) is 3.57. The monoisotopic (exact) mass is 402 g/mol. The average molecular weight is 403 g/mol. The summed E-state index contributed by atoms with van der Waals surface area (Å²) in [6.07, 6.45) is 11.2. The summed E-state index contributed by atoms with van der Waals surface area (Å²) in [6, 6.07) is 13.9. The Bertz CT molecular complexity index is 1010. The van der Waals surface area contributed by atoms with Crippen LogP contribution >= 0.6 is 0 Å². The molecule has 0 saturated carbocycles. The fraction of sp³-hybridized carbons (Fsp3) is 0.296. The van der Waals surface area contributed by atoms with Crippen LogP contribution < -0.4 is 0 Å². The van der Waals surface area contributed by atoms with E-state index in [1.807, 2.05) is 30.4 Å². The smallest absolute Gasteiger partial charge is 0.337 e. The molecule has 0 aromatic heterocycles. The minimum Gasteiger partial charge on any atom is -0.465 e. The van der Waals surface area contributed by atoms with Crippen molar-refractivity contribution in [1.82, 2.24) is 0 Å². The number of carbonyl (C=O) groups is 1. The quantitative estimate of drug-likeness (QED) is 0.490. The van der Waals surface area contributed by atoms with E-state index >= 15 is 0 Å². The van der Waals surface area contributed by atoms with Gasteiger partial charge >= 0.3 is 5.97 Å². The second-order valence-electron chi connectivity index (χ2n) is 8.99. The van der Waals surface area contributed by atoms with Crippen LogP contribution in [0.15, 0.2) is 60.7 Å². The Balaban J connectivity index is 1.90. The van der Waals surface area contributed by atoms with Crippen LogP contribution in [-0.2, 0) is 10.2 Å². The molecular formula is C27H30O3. The van der Waals surface area contributed by atoms with E-state index in [1.54, 1.807) is 26.0 Å². The highest BCUT2D eigenvalue weighted by molar-refractivity contribution is 5.89. The predicted octanol–water partition coefficient (Wildman–Crippen LogP) is 6.04. The van der Waals surface area contributed by atoms with E-state index in [0.29, 0.717) is 5.56 Å². The van der Waals surface area contributed by atoms with Crippen LogP contribution in [0.1, 0.15) is 66.7 Å². The summed E-state index contributed by atoms with van der Waals surface area (Å²) < 4.78 is 4.74. The third kappa shape index (κ3) is 5.17. The highest BCUT2D eigenvalue weighted by Crippen LogP contribution is 2.40. The van der Waals surface area contributed by atoms with Crippen molar-refractivity contribution in [3.63, 3.8) is 0 Å². The maximum atomic E-state index is 11.6. The van der Waals surface area contributed by atoms with Gasteiger partial charge in [0, 0.05) is 0 Å². The largest absolute Gasteiger partial charge is 0.465 e. The van der Waals surface area contributed by atoms with Crippen LogP contribution in [0.2, 0.25) is 0 Å². The number of hydrogen-bond acceptors (Lipinski definition) is 3. The highest BCUT2D eigenvalue weighted by Gasteiger charge is 2.27. The molecule has 0 fully saturated rings. The molecule has 156 valence electrons. The molecule has 0 bridgehead atoms. The number of ether oxygens (including phenoxy) is 1. The lowest BCUT2D eigenvalue weighted by Crippen LogP contribution is -2.21. The van der Waals surface area contributed by atoms with Gasteiger partial charge in [0.1, 0.15) is 0 Å². The van der Waals surface area contributed by atoms with Crippen molar-refractivity contribution in [1.29, 1.82) is 0 Å². The lowest BCUT2D eigenvalue weighted by Gasteiger charge is -2.32. The first-order chi connectivity index (χ1) is 14.1. The lowest BCUT2D eigenvalue weighted by atomic mass is 9.73. The van der Waals surface area contributed by atoms with Crippen LogP contribution in [-0.4, -0.2) is 23.8 Å². The summed E-state index contributed by atoms with van der Waals surface area (Å²) in [6.45, 7) is 8.08. The minimum atomic E-state index is -0.845. The Hall–Kier alpha value is -2.91. The van der Waals surface area contributed by atoms with Crippen molar-refractivity contribution < 1.29 is 14.6 Å². The van der Waals surface area contributed by atoms with Gasteiger partial charge in [0.25, 0.3) is 0 Å². The van der Waals surface area contributed by atoms with E-state index in [1.165, 1.54) is 18.2 Å². The number of hydrogen-bond donors (Lipinski definition) is 1. The Kier molecular flexibility index (Phi) is 6.14. The zero-order chi connectivity index (χ0) is 21.9. The molecule has 3 rings (SSSR count). The van der Waals surface area contributed by atoms with Crippen molar-refractivity contribution in [3.8, 4) is 0 Å². The third-order valence-corrected chi connectivity index (χ3v) is 5.39. The molecule has 0 atom stereocenters. The molecule has 1 aliphatic rings. The Morgan fingerprint density at radius 3 is 2.30 bits per heavy atom. The highest BCUT2D eigenvalue weighted by atomic mass is 16.5. The van der Waals surface area contributed by atoms with Gasteiger partial charge in [-0.2, -0.15) is 0 Å². The number of aliphatic hydroxyl groups is 1. The minimum absolute atomic E-state index is 0.0768. The summed E-state index contributed by atoms with van der Waals surface area (Å²) in [5.41, 5.74) is 5.55. The van der Waals surface area contributed by atoms with Crippen molar-refractivity contribution >= 4 is 23.7 Å². The zero-order valence-corrected chi connectivity index (χ0v) is 18.4. The van der Waals surface area contributed by atoms with Crippen LogP contribution in [0, 0.1) is 0 Å². The molecule has 0 saturated heterocycles. The van der Waals surface area contributed by atoms with Gasteiger partial charge in [-0.25, -0.2) is 4.79 Å². The maximum Gasteiger partial charge on any atom is 0.337 e. The van der Waals surface area contributed by atoms with Crippen LogP contribution in [0.25, 0.3) is 17.7 Å². The Morgan fingerprint density at radius 1 is 1.03 bits per heavy atom. The number of benzene rings is 2. The molecule has 30 heavy (non-hydrogen) atoms.